The van der Waals surface area contributed by atoms with Crippen molar-refractivity contribution in [1.29, 1.82) is 0 Å². The topological polar surface area (TPSA) is 52.6 Å². The van der Waals surface area contributed by atoms with Crippen molar-refractivity contribution in [2.45, 2.75) is 44.6 Å². The Hall–Kier alpha value is -0.610. The number of hydrogen-bond acceptors (Lipinski definition) is 3. The van der Waals surface area contributed by atoms with E-state index in [1.54, 1.807) is 0 Å². The number of piperidine rings is 3. The van der Waals surface area contributed by atoms with Crippen LogP contribution < -0.4 is 5.32 Å². The summed E-state index contributed by atoms with van der Waals surface area (Å²) in [6, 6.07) is 0.692. The minimum absolute atomic E-state index is 0.319. The van der Waals surface area contributed by atoms with Crippen LogP contribution in [0.1, 0.15) is 38.5 Å². The zero-order valence-corrected chi connectivity index (χ0v) is 10.5. The zero-order valence-electron chi connectivity index (χ0n) is 10.5. The van der Waals surface area contributed by atoms with Crippen LogP contribution in [0.25, 0.3) is 0 Å². The number of nitrogens with zero attached hydrogens (tertiary/aromatic N) is 1. The van der Waals surface area contributed by atoms with E-state index >= 15 is 0 Å². The van der Waals surface area contributed by atoms with Crippen molar-refractivity contribution in [3.63, 3.8) is 0 Å². The normalized spacial score (nSPS) is 31.6. The predicted molar refractivity (Wildman–Crippen MR) is 67.1 cm³/mol. The SMILES string of the molecule is O=C(O)CCCCCNC1CN2CCC1CC2. The fourth-order valence-electron chi connectivity index (χ4n) is 3.06. The van der Waals surface area contributed by atoms with Crippen molar-refractivity contribution in [3.05, 3.63) is 0 Å². The van der Waals surface area contributed by atoms with Crippen molar-refractivity contribution >= 4 is 5.97 Å². The first-order chi connectivity index (χ1) is 8.25. The van der Waals surface area contributed by atoms with Crippen LogP contribution in [0, 0.1) is 5.92 Å². The lowest BCUT2D eigenvalue weighted by atomic mass is 9.84. The van der Waals surface area contributed by atoms with Gasteiger partial charge in [0.25, 0.3) is 0 Å². The molecular weight excluding hydrogens is 216 g/mol. The minimum Gasteiger partial charge on any atom is -0.481 e. The number of hydrogen-bond donors (Lipinski definition) is 2. The molecule has 0 aromatic rings. The lowest BCUT2D eigenvalue weighted by Gasteiger charge is -2.45. The summed E-state index contributed by atoms with van der Waals surface area (Å²) in [7, 11) is 0. The maximum absolute atomic E-state index is 10.3. The smallest absolute Gasteiger partial charge is 0.303 e. The molecule has 3 saturated heterocycles. The van der Waals surface area contributed by atoms with E-state index in [0.29, 0.717) is 12.5 Å². The molecule has 0 aromatic carbocycles. The molecule has 2 N–H and O–H groups in total. The quantitative estimate of drug-likeness (QED) is 0.659. The molecule has 0 saturated carbocycles. The molecule has 98 valence electrons. The number of aliphatic carboxylic acids is 1. The Morgan fingerprint density at radius 3 is 2.59 bits per heavy atom. The minimum atomic E-state index is -0.671. The van der Waals surface area contributed by atoms with Gasteiger partial charge >= 0.3 is 5.97 Å². The van der Waals surface area contributed by atoms with E-state index in [4.69, 9.17) is 5.11 Å². The lowest BCUT2D eigenvalue weighted by Crippen LogP contribution is -2.56. The van der Waals surface area contributed by atoms with Gasteiger partial charge in [-0.1, -0.05) is 6.42 Å². The van der Waals surface area contributed by atoms with E-state index < -0.39 is 5.97 Å². The van der Waals surface area contributed by atoms with Crippen molar-refractivity contribution in [2.75, 3.05) is 26.2 Å². The van der Waals surface area contributed by atoms with E-state index in [-0.39, 0.29) is 0 Å². The van der Waals surface area contributed by atoms with Crippen molar-refractivity contribution in [2.24, 2.45) is 5.92 Å². The molecule has 0 aromatic heterocycles. The maximum atomic E-state index is 10.3. The molecule has 3 aliphatic rings. The second-order valence-electron chi connectivity index (χ2n) is 5.40. The fourth-order valence-corrected chi connectivity index (χ4v) is 3.06. The van der Waals surface area contributed by atoms with Crippen LogP contribution in [0.2, 0.25) is 0 Å². The molecule has 1 atom stereocenters. The van der Waals surface area contributed by atoms with Gasteiger partial charge in [-0.3, -0.25) is 4.79 Å². The molecule has 2 bridgehead atoms. The fraction of sp³-hybridized carbons (Fsp3) is 0.923. The van der Waals surface area contributed by atoms with Gasteiger partial charge in [-0.25, -0.2) is 0 Å². The summed E-state index contributed by atoms with van der Waals surface area (Å²) in [6.45, 7) is 4.86. The molecule has 0 spiro atoms. The van der Waals surface area contributed by atoms with Crippen molar-refractivity contribution in [1.82, 2.24) is 10.2 Å². The molecule has 3 rings (SSSR count). The molecule has 0 radical (unpaired) electrons. The van der Waals surface area contributed by atoms with Gasteiger partial charge in [0, 0.05) is 19.0 Å². The number of rotatable bonds is 7. The molecule has 4 nitrogen and oxygen atoms in total. The molecular formula is C13H24N2O2. The summed E-state index contributed by atoms with van der Waals surface area (Å²) in [5.41, 5.74) is 0. The number of fused-ring (bicyclic) bond motifs is 3. The van der Waals surface area contributed by atoms with Crippen LogP contribution in [0.5, 0.6) is 0 Å². The van der Waals surface area contributed by atoms with Crippen LogP contribution >= 0.6 is 0 Å². The average molecular weight is 240 g/mol. The molecule has 0 aliphatic carbocycles. The third kappa shape index (κ3) is 3.96. The highest BCUT2D eigenvalue weighted by molar-refractivity contribution is 5.66. The van der Waals surface area contributed by atoms with E-state index in [9.17, 15) is 4.79 Å². The Balaban J connectivity index is 1.52. The lowest BCUT2D eigenvalue weighted by molar-refractivity contribution is -0.137. The van der Waals surface area contributed by atoms with E-state index in [0.717, 1.165) is 31.7 Å². The van der Waals surface area contributed by atoms with Gasteiger partial charge in [-0.2, -0.15) is 0 Å². The number of carboxylic acid groups (broad SMARTS) is 1. The van der Waals surface area contributed by atoms with Gasteiger partial charge in [0.15, 0.2) is 0 Å². The van der Waals surface area contributed by atoms with E-state index in [2.05, 4.69) is 10.2 Å². The summed E-state index contributed by atoms with van der Waals surface area (Å²) in [5.74, 6) is 0.217. The largest absolute Gasteiger partial charge is 0.481 e. The molecule has 4 heteroatoms. The molecule has 1 unspecified atom stereocenters. The van der Waals surface area contributed by atoms with E-state index in [1.807, 2.05) is 0 Å². The predicted octanol–water partition coefficient (Wildman–Crippen LogP) is 1.32. The summed E-state index contributed by atoms with van der Waals surface area (Å²) >= 11 is 0. The van der Waals surface area contributed by atoms with Gasteiger partial charge in [0.2, 0.25) is 0 Å². The first-order valence-corrected chi connectivity index (χ1v) is 6.93. The zero-order chi connectivity index (χ0) is 12.1. The standard InChI is InChI=1S/C13H24N2O2/c16-13(17)4-2-1-3-7-14-12-10-15-8-5-11(12)6-9-15/h11-12,14H,1-10H2,(H,16,17). The molecule has 3 aliphatic heterocycles. The Bertz CT molecular complexity index is 250. The second kappa shape index (κ2) is 6.36. The summed E-state index contributed by atoms with van der Waals surface area (Å²) in [4.78, 5) is 12.9. The van der Waals surface area contributed by atoms with Crippen LogP contribution in [0.15, 0.2) is 0 Å². The highest BCUT2D eigenvalue weighted by atomic mass is 16.4. The number of carbonyl (C=O) groups is 1. The number of nitrogens with one attached hydrogen (secondary N) is 1. The Morgan fingerprint density at radius 2 is 2.00 bits per heavy atom. The molecule has 3 fully saturated rings. The van der Waals surface area contributed by atoms with Gasteiger partial charge in [-0.05, 0) is 51.2 Å². The first kappa shape index (κ1) is 12.8. The Morgan fingerprint density at radius 1 is 1.24 bits per heavy atom. The van der Waals surface area contributed by atoms with Crippen molar-refractivity contribution in [3.8, 4) is 0 Å². The average Bonchev–Trinajstić information content (AvgIpc) is 2.35. The third-order valence-electron chi connectivity index (χ3n) is 4.13. The van der Waals surface area contributed by atoms with Crippen LogP contribution in [-0.4, -0.2) is 48.2 Å². The third-order valence-corrected chi connectivity index (χ3v) is 4.13. The summed E-state index contributed by atoms with van der Waals surface area (Å²) in [6.07, 6.45) is 5.99. The van der Waals surface area contributed by atoms with Crippen molar-refractivity contribution < 1.29 is 9.90 Å². The summed E-state index contributed by atoms with van der Waals surface area (Å²) in [5, 5.41) is 12.2. The number of unbranched alkanes of at least 4 members (excludes halogenated alkanes) is 2. The summed E-state index contributed by atoms with van der Waals surface area (Å²) < 4.78 is 0. The highest BCUT2D eigenvalue weighted by Crippen LogP contribution is 2.27. The van der Waals surface area contributed by atoms with Crippen LogP contribution in [-0.2, 0) is 4.79 Å². The van der Waals surface area contributed by atoms with E-state index in [1.165, 1.54) is 32.5 Å². The highest BCUT2D eigenvalue weighted by Gasteiger charge is 2.33. The van der Waals surface area contributed by atoms with Gasteiger partial charge in [-0.15, -0.1) is 0 Å². The molecule has 17 heavy (non-hydrogen) atoms. The van der Waals surface area contributed by atoms with Gasteiger partial charge in [0.05, 0.1) is 0 Å². The molecule has 3 heterocycles. The van der Waals surface area contributed by atoms with Crippen LogP contribution in [0.3, 0.4) is 0 Å². The van der Waals surface area contributed by atoms with Gasteiger partial charge < -0.3 is 15.3 Å². The second-order valence-corrected chi connectivity index (χ2v) is 5.40. The van der Waals surface area contributed by atoms with Crippen LogP contribution in [0.4, 0.5) is 0 Å². The van der Waals surface area contributed by atoms with Gasteiger partial charge in [0.1, 0.15) is 0 Å². The maximum Gasteiger partial charge on any atom is 0.303 e. The monoisotopic (exact) mass is 240 g/mol. The Labute approximate surface area is 103 Å². The molecule has 0 amide bonds. The Kier molecular flexibility index (Phi) is 4.80. The first-order valence-electron chi connectivity index (χ1n) is 6.93. The number of carboxylic acids is 1.